The van der Waals surface area contributed by atoms with Crippen LogP contribution in [0.15, 0.2) is 0 Å². The van der Waals surface area contributed by atoms with Crippen LogP contribution < -0.4 is 0 Å². The van der Waals surface area contributed by atoms with Gasteiger partial charge in [-0.25, -0.2) is 0 Å². The summed E-state index contributed by atoms with van der Waals surface area (Å²) in [5, 5.41) is 9.65. The standard InChI is InChI=1S/C9H19NO/c1-9(2,3)7-5-10(4)6-8(7)11/h7-8,11H,5-6H2,1-4H3/t7-,8-/m0/s1. The first-order valence-electron chi connectivity index (χ1n) is 4.28. The first-order chi connectivity index (χ1) is 4.91. The molecule has 0 aromatic heterocycles. The summed E-state index contributed by atoms with van der Waals surface area (Å²) < 4.78 is 0. The highest BCUT2D eigenvalue weighted by molar-refractivity contribution is 4.88. The largest absolute Gasteiger partial charge is 0.391 e. The minimum absolute atomic E-state index is 0.125. The van der Waals surface area contributed by atoms with Crippen LogP contribution in [0.2, 0.25) is 0 Å². The Morgan fingerprint density at radius 2 is 1.82 bits per heavy atom. The molecule has 0 aromatic rings. The minimum atomic E-state index is -0.125. The molecule has 0 unspecified atom stereocenters. The predicted octanol–water partition coefficient (Wildman–Crippen LogP) is 0.955. The molecule has 1 saturated heterocycles. The first-order valence-corrected chi connectivity index (χ1v) is 4.28. The molecule has 0 saturated carbocycles. The van der Waals surface area contributed by atoms with Gasteiger partial charge in [-0.1, -0.05) is 20.8 Å². The van der Waals surface area contributed by atoms with E-state index >= 15 is 0 Å². The van der Waals surface area contributed by atoms with Gasteiger partial charge in [0.25, 0.3) is 0 Å². The molecule has 11 heavy (non-hydrogen) atoms. The maximum absolute atomic E-state index is 9.65. The van der Waals surface area contributed by atoms with Crippen LogP contribution in [0.3, 0.4) is 0 Å². The number of aliphatic hydroxyl groups is 1. The molecule has 0 bridgehead atoms. The Morgan fingerprint density at radius 3 is 2.00 bits per heavy atom. The number of rotatable bonds is 0. The van der Waals surface area contributed by atoms with Gasteiger partial charge in [-0.15, -0.1) is 0 Å². The van der Waals surface area contributed by atoms with E-state index in [1.165, 1.54) is 0 Å². The topological polar surface area (TPSA) is 23.5 Å². The molecule has 0 aliphatic carbocycles. The summed E-state index contributed by atoms with van der Waals surface area (Å²) in [5.74, 6) is 0.437. The van der Waals surface area contributed by atoms with Crippen molar-refractivity contribution >= 4 is 0 Å². The van der Waals surface area contributed by atoms with E-state index in [1.807, 2.05) is 0 Å². The van der Waals surface area contributed by atoms with Crippen molar-refractivity contribution in [2.75, 3.05) is 20.1 Å². The van der Waals surface area contributed by atoms with Crippen molar-refractivity contribution in [1.82, 2.24) is 4.90 Å². The Bertz CT molecular complexity index is 139. The zero-order chi connectivity index (χ0) is 8.65. The lowest BCUT2D eigenvalue weighted by molar-refractivity contribution is 0.0826. The predicted molar refractivity (Wildman–Crippen MR) is 46.4 cm³/mol. The van der Waals surface area contributed by atoms with Gasteiger partial charge in [-0.05, 0) is 12.5 Å². The Labute approximate surface area is 69.2 Å². The summed E-state index contributed by atoms with van der Waals surface area (Å²) in [4.78, 5) is 2.20. The summed E-state index contributed by atoms with van der Waals surface area (Å²) in [7, 11) is 2.06. The second-order valence-electron chi connectivity index (χ2n) is 4.76. The van der Waals surface area contributed by atoms with E-state index in [1.54, 1.807) is 0 Å². The highest BCUT2D eigenvalue weighted by Gasteiger charge is 2.37. The Kier molecular flexibility index (Phi) is 2.26. The molecule has 1 heterocycles. The van der Waals surface area contributed by atoms with Gasteiger partial charge in [0.2, 0.25) is 0 Å². The van der Waals surface area contributed by atoms with E-state index in [4.69, 9.17) is 0 Å². The van der Waals surface area contributed by atoms with Crippen LogP contribution in [0.25, 0.3) is 0 Å². The number of nitrogens with zero attached hydrogens (tertiary/aromatic N) is 1. The highest BCUT2D eigenvalue weighted by atomic mass is 16.3. The van der Waals surface area contributed by atoms with Crippen molar-refractivity contribution in [2.45, 2.75) is 26.9 Å². The normalized spacial score (nSPS) is 34.6. The van der Waals surface area contributed by atoms with Gasteiger partial charge in [0.1, 0.15) is 0 Å². The number of likely N-dealkylation sites (N-methyl/N-ethyl adjacent to an activating group) is 1. The fourth-order valence-corrected chi connectivity index (χ4v) is 1.83. The fraction of sp³-hybridized carbons (Fsp3) is 1.00. The number of β-amino-alcohol motifs (C(OH)–C–C–N with tert-alkyl or cyclic N) is 1. The van der Waals surface area contributed by atoms with Crippen molar-refractivity contribution < 1.29 is 5.11 Å². The summed E-state index contributed by atoms with van der Waals surface area (Å²) in [6.45, 7) is 8.45. The third-order valence-corrected chi connectivity index (χ3v) is 2.58. The molecule has 1 fully saturated rings. The molecular formula is C9H19NO. The molecule has 66 valence electrons. The first kappa shape index (κ1) is 9.01. The van der Waals surface area contributed by atoms with Gasteiger partial charge in [-0.3, -0.25) is 0 Å². The number of aliphatic hydroxyl groups excluding tert-OH is 1. The van der Waals surface area contributed by atoms with Crippen LogP contribution in [0.5, 0.6) is 0 Å². The van der Waals surface area contributed by atoms with E-state index < -0.39 is 0 Å². The maximum Gasteiger partial charge on any atom is 0.0712 e. The third kappa shape index (κ3) is 1.94. The molecule has 2 atom stereocenters. The van der Waals surface area contributed by atoms with Crippen molar-refractivity contribution in [2.24, 2.45) is 11.3 Å². The zero-order valence-corrected chi connectivity index (χ0v) is 7.96. The molecular weight excluding hydrogens is 138 g/mol. The third-order valence-electron chi connectivity index (χ3n) is 2.58. The number of hydrogen-bond donors (Lipinski definition) is 1. The molecule has 2 heteroatoms. The number of hydrogen-bond acceptors (Lipinski definition) is 2. The monoisotopic (exact) mass is 157 g/mol. The highest BCUT2D eigenvalue weighted by Crippen LogP contribution is 2.33. The van der Waals surface area contributed by atoms with Crippen molar-refractivity contribution in [3.8, 4) is 0 Å². The summed E-state index contributed by atoms with van der Waals surface area (Å²) in [6, 6.07) is 0. The lowest BCUT2D eigenvalue weighted by atomic mass is 9.79. The molecule has 0 aromatic carbocycles. The van der Waals surface area contributed by atoms with Crippen molar-refractivity contribution in [1.29, 1.82) is 0 Å². The molecule has 1 N–H and O–H groups in total. The van der Waals surface area contributed by atoms with Gasteiger partial charge < -0.3 is 10.0 Å². The average molecular weight is 157 g/mol. The van der Waals surface area contributed by atoms with Crippen LogP contribution in [0, 0.1) is 11.3 Å². The maximum atomic E-state index is 9.65. The lowest BCUT2D eigenvalue weighted by Crippen LogP contribution is -2.30. The van der Waals surface area contributed by atoms with E-state index in [-0.39, 0.29) is 11.5 Å². The number of likely N-dealkylation sites (tertiary alicyclic amines) is 1. The van der Waals surface area contributed by atoms with Gasteiger partial charge in [-0.2, -0.15) is 0 Å². The van der Waals surface area contributed by atoms with Gasteiger partial charge in [0.05, 0.1) is 6.10 Å². The zero-order valence-electron chi connectivity index (χ0n) is 7.96. The van der Waals surface area contributed by atoms with Gasteiger partial charge >= 0.3 is 0 Å². The molecule has 2 nitrogen and oxygen atoms in total. The Balaban J connectivity index is 2.60. The van der Waals surface area contributed by atoms with Crippen molar-refractivity contribution in [3.63, 3.8) is 0 Å². The van der Waals surface area contributed by atoms with Gasteiger partial charge in [0.15, 0.2) is 0 Å². The van der Waals surface area contributed by atoms with E-state index in [9.17, 15) is 5.11 Å². The van der Waals surface area contributed by atoms with E-state index in [2.05, 4.69) is 32.7 Å². The molecule has 0 amide bonds. The quantitative estimate of drug-likeness (QED) is 0.566. The molecule has 1 aliphatic rings. The van der Waals surface area contributed by atoms with E-state index in [0.29, 0.717) is 5.92 Å². The smallest absolute Gasteiger partial charge is 0.0712 e. The minimum Gasteiger partial charge on any atom is -0.391 e. The van der Waals surface area contributed by atoms with E-state index in [0.717, 1.165) is 13.1 Å². The van der Waals surface area contributed by atoms with Crippen LogP contribution in [0.4, 0.5) is 0 Å². The van der Waals surface area contributed by atoms with Crippen LogP contribution in [-0.4, -0.2) is 36.2 Å². The summed E-state index contributed by atoms with van der Waals surface area (Å²) in [6.07, 6.45) is -0.125. The fourth-order valence-electron chi connectivity index (χ4n) is 1.83. The SMILES string of the molecule is CN1C[C@H](O)[C@@H](C(C)(C)C)C1. The summed E-state index contributed by atoms with van der Waals surface area (Å²) >= 11 is 0. The van der Waals surface area contributed by atoms with Gasteiger partial charge in [0, 0.05) is 19.0 Å². The molecule has 1 rings (SSSR count). The Morgan fingerprint density at radius 1 is 1.27 bits per heavy atom. The molecule has 0 radical (unpaired) electrons. The second-order valence-corrected chi connectivity index (χ2v) is 4.76. The lowest BCUT2D eigenvalue weighted by Gasteiger charge is -2.28. The van der Waals surface area contributed by atoms with Crippen LogP contribution in [-0.2, 0) is 0 Å². The summed E-state index contributed by atoms with van der Waals surface area (Å²) in [5.41, 5.74) is 0.240. The molecule has 1 aliphatic heterocycles. The van der Waals surface area contributed by atoms with Crippen LogP contribution >= 0.6 is 0 Å². The van der Waals surface area contributed by atoms with Crippen molar-refractivity contribution in [3.05, 3.63) is 0 Å². The van der Waals surface area contributed by atoms with Crippen LogP contribution in [0.1, 0.15) is 20.8 Å². The second kappa shape index (κ2) is 2.76. The Hall–Kier alpha value is -0.0800. The average Bonchev–Trinajstić information content (AvgIpc) is 2.08. The molecule has 0 spiro atoms.